The zero-order chi connectivity index (χ0) is 21.5. The van der Waals surface area contributed by atoms with Crippen molar-refractivity contribution < 1.29 is 4.39 Å². The van der Waals surface area contributed by atoms with Crippen LogP contribution in [0.3, 0.4) is 0 Å². The van der Waals surface area contributed by atoms with Gasteiger partial charge in [-0.15, -0.1) is 0 Å². The Hall–Kier alpha value is -2.71. The van der Waals surface area contributed by atoms with E-state index in [-0.39, 0.29) is 5.56 Å². The van der Waals surface area contributed by atoms with Gasteiger partial charge in [0, 0.05) is 44.1 Å². The maximum absolute atomic E-state index is 13.7. The zero-order valence-electron chi connectivity index (χ0n) is 17.1. The molecule has 1 fully saturated rings. The summed E-state index contributed by atoms with van der Waals surface area (Å²) in [5, 5.41) is 3.56. The van der Waals surface area contributed by atoms with Gasteiger partial charge in [0.25, 0.3) is 5.56 Å². The first kappa shape index (κ1) is 22.0. The van der Waals surface area contributed by atoms with Crippen molar-refractivity contribution in [2.75, 3.05) is 25.4 Å². The molecule has 0 spiro atoms. The van der Waals surface area contributed by atoms with Gasteiger partial charge in [-0.1, -0.05) is 18.1 Å². The molecule has 2 aromatic rings. The summed E-state index contributed by atoms with van der Waals surface area (Å²) in [7, 11) is 5.77. The van der Waals surface area contributed by atoms with Crippen LogP contribution in [0.25, 0.3) is 6.08 Å². The number of nitrogens with one attached hydrogen (secondary N) is 1. The molecule has 0 bridgehead atoms. The number of nitrogens with zero attached hydrogens (tertiary/aromatic N) is 3. The van der Waals surface area contributed by atoms with E-state index in [1.807, 2.05) is 12.3 Å². The van der Waals surface area contributed by atoms with E-state index < -0.39 is 5.83 Å². The van der Waals surface area contributed by atoms with Crippen molar-refractivity contribution in [3.05, 3.63) is 70.7 Å². The average molecular weight is 407 g/mol. The van der Waals surface area contributed by atoms with Gasteiger partial charge < -0.3 is 20.5 Å². The molecule has 0 aromatic carbocycles. The smallest absolute Gasteiger partial charge is 0.251 e. The van der Waals surface area contributed by atoms with E-state index in [0.717, 1.165) is 44.1 Å². The first-order chi connectivity index (χ1) is 14.5. The van der Waals surface area contributed by atoms with Gasteiger partial charge in [0.05, 0.1) is 11.4 Å². The Morgan fingerprint density at radius 3 is 2.80 bits per heavy atom. The number of anilines is 1. The average Bonchev–Trinajstić information content (AvgIpc) is 2.75. The highest BCUT2D eigenvalue weighted by Crippen LogP contribution is 2.16. The van der Waals surface area contributed by atoms with Gasteiger partial charge in [0.1, 0.15) is 13.7 Å². The fraction of sp³-hybridized carbons (Fsp3) is 0.364. The number of halogens is 1. The van der Waals surface area contributed by atoms with Crippen molar-refractivity contribution >= 4 is 25.1 Å². The molecular formula is C22H27BFN5O. The maximum atomic E-state index is 13.7. The number of allylic oxidation sites excluding steroid dienone is 2. The highest BCUT2D eigenvalue weighted by Gasteiger charge is 2.19. The predicted octanol–water partition coefficient (Wildman–Crippen LogP) is 1.37. The van der Waals surface area contributed by atoms with E-state index in [2.05, 4.69) is 21.8 Å². The second kappa shape index (κ2) is 10.4. The van der Waals surface area contributed by atoms with Crippen molar-refractivity contribution in [2.24, 2.45) is 0 Å². The molecule has 3 heterocycles. The fourth-order valence-corrected chi connectivity index (χ4v) is 3.66. The lowest BCUT2D eigenvalue weighted by Crippen LogP contribution is -2.43. The molecular weight excluding hydrogens is 380 g/mol. The number of pyridine rings is 2. The highest BCUT2D eigenvalue weighted by molar-refractivity contribution is 6.32. The summed E-state index contributed by atoms with van der Waals surface area (Å²) >= 11 is 0. The second-order valence-corrected chi connectivity index (χ2v) is 7.52. The van der Waals surface area contributed by atoms with Crippen LogP contribution in [0, 0.1) is 0 Å². The number of aromatic nitrogens is 2. The van der Waals surface area contributed by atoms with Gasteiger partial charge in [-0.2, -0.15) is 0 Å². The molecule has 0 aliphatic carbocycles. The predicted molar refractivity (Wildman–Crippen MR) is 120 cm³/mol. The van der Waals surface area contributed by atoms with Gasteiger partial charge in [-0.3, -0.25) is 9.78 Å². The monoisotopic (exact) mass is 407 g/mol. The van der Waals surface area contributed by atoms with Crippen molar-refractivity contribution in [1.82, 2.24) is 19.8 Å². The van der Waals surface area contributed by atoms with Crippen LogP contribution >= 0.6 is 0 Å². The van der Waals surface area contributed by atoms with Crippen molar-refractivity contribution in [1.29, 1.82) is 0 Å². The first-order valence-electron chi connectivity index (χ1n) is 10.1. The molecule has 0 saturated carbocycles. The van der Waals surface area contributed by atoms with E-state index in [1.165, 1.54) is 22.8 Å². The molecule has 0 unspecified atom stereocenters. The zero-order valence-corrected chi connectivity index (χ0v) is 17.1. The molecule has 0 atom stereocenters. The SMILES string of the molecule is [B]c1cncc(CNC2CCN(CCn3c(/C=C(/F)C=C)c(N)ccc3=O)CC2)c1. The number of rotatable bonds is 8. The summed E-state index contributed by atoms with van der Waals surface area (Å²) in [6, 6.07) is 5.28. The van der Waals surface area contributed by atoms with Crippen LogP contribution in [0.15, 0.2) is 53.9 Å². The summed E-state index contributed by atoms with van der Waals surface area (Å²) in [5.41, 5.74) is 8.27. The van der Waals surface area contributed by atoms with Crippen molar-refractivity contribution in [2.45, 2.75) is 32.0 Å². The third kappa shape index (κ3) is 5.90. The van der Waals surface area contributed by atoms with Crippen LogP contribution in [-0.4, -0.2) is 48.0 Å². The number of piperidine rings is 1. The van der Waals surface area contributed by atoms with Gasteiger partial charge in [-0.25, -0.2) is 4.39 Å². The number of likely N-dealkylation sites (tertiary alicyclic amines) is 1. The van der Waals surface area contributed by atoms with Crippen LogP contribution in [0.1, 0.15) is 24.1 Å². The standard InChI is InChI=1S/C22H27BFN5O/c1-2-18(24)12-21-20(25)3-4-22(30)29(21)10-9-28-7-5-19(6-8-28)27-14-16-11-17(23)15-26-13-16/h2-4,11-13,15,19,27H,1,5-10,14,25H2/b18-12+. The Kier molecular flexibility index (Phi) is 7.60. The quantitative estimate of drug-likeness (QED) is 0.511. The number of nitrogen functional groups attached to an aromatic ring is 1. The van der Waals surface area contributed by atoms with Crippen LogP contribution in [0.4, 0.5) is 10.1 Å². The third-order valence-corrected chi connectivity index (χ3v) is 5.37. The van der Waals surface area contributed by atoms with Crippen LogP contribution in [0.5, 0.6) is 0 Å². The Morgan fingerprint density at radius 1 is 1.33 bits per heavy atom. The maximum Gasteiger partial charge on any atom is 0.251 e. The van der Waals surface area contributed by atoms with Crippen LogP contribution < -0.4 is 22.1 Å². The van der Waals surface area contributed by atoms with Crippen molar-refractivity contribution in [3.8, 4) is 0 Å². The van der Waals surface area contributed by atoms with Gasteiger partial charge in [0.2, 0.25) is 0 Å². The molecule has 8 heteroatoms. The van der Waals surface area contributed by atoms with E-state index in [9.17, 15) is 9.18 Å². The largest absolute Gasteiger partial charge is 0.397 e. The molecule has 1 aliphatic rings. The van der Waals surface area contributed by atoms with Gasteiger partial charge in [-0.05, 0) is 49.7 Å². The summed E-state index contributed by atoms with van der Waals surface area (Å²) < 4.78 is 15.2. The molecule has 2 aromatic heterocycles. The van der Waals surface area contributed by atoms with Gasteiger partial charge in [0.15, 0.2) is 0 Å². The summed E-state index contributed by atoms with van der Waals surface area (Å²) in [5.74, 6) is -0.525. The van der Waals surface area contributed by atoms with Gasteiger partial charge >= 0.3 is 0 Å². The molecule has 3 rings (SSSR count). The summed E-state index contributed by atoms with van der Waals surface area (Å²) in [6.07, 6.45) is 7.84. The van der Waals surface area contributed by atoms with E-state index in [0.29, 0.717) is 36.0 Å². The lowest BCUT2D eigenvalue weighted by Gasteiger charge is -2.32. The third-order valence-electron chi connectivity index (χ3n) is 5.37. The molecule has 2 radical (unpaired) electrons. The number of nitrogens with two attached hydrogens (primary N) is 1. The molecule has 1 aliphatic heterocycles. The molecule has 1 saturated heterocycles. The Balaban J connectivity index is 1.53. The summed E-state index contributed by atoms with van der Waals surface area (Å²) in [4.78, 5) is 18.7. The minimum Gasteiger partial charge on any atom is -0.397 e. The lowest BCUT2D eigenvalue weighted by molar-refractivity contribution is 0.190. The topological polar surface area (TPSA) is 76.2 Å². The summed E-state index contributed by atoms with van der Waals surface area (Å²) in [6.45, 7) is 7.16. The van der Waals surface area contributed by atoms with E-state index in [1.54, 1.807) is 6.20 Å². The Morgan fingerprint density at radius 2 is 2.10 bits per heavy atom. The normalized spacial score (nSPS) is 16.0. The van der Waals surface area contributed by atoms with E-state index >= 15 is 0 Å². The Bertz CT molecular complexity index is 966. The second-order valence-electron chi connectivity index (χ2n) is 7.52. The lowest BCUT2D eigenvalue weighted by atomic mass is 9.97. The highest BCUT2D eigenvalue weighted by atomic mass is 19.1. The molecule has 156 valence electrons. The van der Waals surface area contributed by atoms with Crippen LogP contribution in [-0.2, 0) is 13.1 Å². The first-order valence-corrected chi connectivity index (χ1v) is 10.1. The number of hydrogen-bond donors (Lipinski definition) is 2. The minimum absolute atomic E-state index is 0.195. The molecule has 3 N–H and O–H groups in total. The molecule has 30 heavy (non-hydrogen) atoms. The van der Waals surface area contributed by atoms with E-state index in [4.69, 9.17) is 13.6 Å². The Labute approximate surface area is 177 Å². The fourth-order valence-electron chi connectivity index (χ4n) is 3.66. The molecule has 0 amide bonds. The van der Waals surface area contributed by atoms with Crippen LogP contribution in [0.2, 0.25) is 0 Å². The minimum atomic E-state index is -0.525. The van der Waals surface area contributed by atoms with Crippen molar-refractivity contribution in [3.63, 3.8) is 0 Å². The molecule has 6 nitrogen and oxygen atoms in total. The number of hydrogen-bond acceptors (Lipinski definition) is 5.